The van der Waals surface area contributed by atoms with Crippen LogP contribution in [0.15, 0.2) is 22.8 Å². The van der Waals surface area contributed by atoms with Crippen molar-refractivity contribution in [3.8, 4) is 0 Å². The van der Waals surface area contributed by atoms with Crippen LogP contribution in [0.3, 0.4) is 0 Å². The van der Waals surface area contributed by atoms with Crippen molar-refractivity contribution in [3.05, 3.63) is 22.8 Å². The number of allylic oxidation sites excluding steroid dienone is 4. The molecule has 2 unspecified atom stereocenters. The van der Waals surface area contributed by atoms with E-state index < -0.39 is 0 Å². The summed E-state index contributed by atoms with van der Waals surface area (Å²) in [5.41, 5.74) is 6.85. The van der Waals surface area contributed by atoms with Crippen molar-refractivity contribution in [1.82, 2.24) is 0 Å². The third-order valence-corrected chi connectivity index (χ3v) is 12.4. The van der Waals surface area contributed by atoms with Crippen molar-refractivity contribution < 1.29 is 0 Å². The van der Waals surface area contributed by atoms with Gasteiger partial charge in [-0.3, -0.25) is 0 Å². The van der Waals surface area contributed by atoms with Crippen LogP contribution in [0.2, 0.25) is 0 Å². The topological polar surface area (TPSA) is 0 Å². The first-order chi connectivity index (χ1) is 14.4. The van der Waals surface area contributed by atoms with Gasteiger partial charge in [-0.2, -0.15) is 0 Å². The van der Waals surface area contributed by atoms with Gasteiger partial charge in [0.1, 0.15) is 0 Å². The van der Waals surface area contributed by atoms with Gasteiger partial charge in [-0.25, -0.2) is 0 Å². The molecule has 0 aliphatic heterocycles. The molecule has 2 saturated carbocycles. The van der Waals surface area contributed by atoms with Crippen LogP contribution in [-0.2, 0) is 0 Å². The van der Waals surface area contributed by atoms with E-state index in [2.05, 4.69) is 61.5 Å². The fourth-order valence-electron chi connectivity index (χ4n) is 9.44. The Morgan fingerprint density at radius 2 is 1.68 bits per heavy atom. The summed E-state index contributed by atoms with van der Waals surface area (Å²) in [5.74, 6) is 2.47. The van der Waals surface area contributed by atoms with Crippen LogP contribution in [0.4, 0.5) is 0 Å². The predicted molar refractivity (Wildman–Crippen MR) is 137 cm³/mol. The van der Waals surface area contributed by atoms with Gasteiger partial charge in [-0.15, -0.1) is 11.6 Å². The van der Waals surface area contributed by atoms with Crippen LogP contribution in [0.1, 0.15) is 120 Å². The van der Waals surface area contributed by atoms with Crippen molar-refractivity contribution in [3.63, 3.8) is 0 Å². The molecule has 0 nitrogen and oxygen atoms in total. The quantitative estimate of drug-likeness (QED) is 0.299. The molecule has 1 heteroatoms. The van der Waals surface area contributed by atoms with Gasteiger partial charge >= 0.3 is 0 Å². The highest BCUT2D eigenvalue weighted by Gasteiger charge is 2.63. The van der Waals surface area contributed by atoms with E-state index in [0.717, 1.165) is 17.8 Å². The summed E-state index contributed by atoms with van der Waals surface area (Å²) < 4.78 is 0. The number of hydrogen-bond acceptors (Lipinski definition) is 0. The number of hydrogen-bond donors (Lipinski definition) is 0. The summed E-state index contributed by atoms with van der Waals surface area (Å²) in [6.07, 6.45) is 15.9. The third kappa shape index (κ3) is 3.43. The third-order valence-electron chi connectivity index (χ3n) is 11.6. The molecule has 0 spiro atoms. The molecule has 7 atom stereocenters. The lowest BCUT2D eigenvalue weighted by Gasteiger charge is -2.62. The smallest absolute Gasteiger partial charge is 0.0390 e. The summed E-state index contributed by atoms with van der Waals surface area (Å²) in [5, 5.41) is 0.342. The molecule has 0 aromatic carbocycles. The Morgan fingerprint density at radius 3 is 2.35 bits per heavy atom. The van der Waals surface area contributed by atoms with Gasteiger partial charge in [0, 0.05) is 5.38 Å². The van der Waals surface area contributed by atoms with Crippen molar-refractivity contribution in [2.45, 2.75) is 125 Å². The molecule has 4 aliphatic carbocycles. The maximum atomic E-state index is 6.90. The number of fused-ring (bicyclic) bond motifs is 4. The molecule has 0 bridgehead atoms. The first kappa shape index (κ1) is 23.9. The molecule has 31 heavy (non-hydrogen) atoms. The molecule has 2 fully saturated rings. The largest absolute Gasteiger partial charge is 0.122 e. The molecule has 0 aromatic heterocycles. The summed E-state index contributed by atoms with van der Waals surface area (Å²) in [4.78, 5) is 0. The summed E-state index contributed by atoms with van der Waals surface area (Å²) in [7, 11) is 0. The van der Waals surface area contributed by atoms with E-state index in [4.69, 9.17) is 11.6 Å². The molecule has 0 heterocycles. The molecular weight excluding hydrogens is 396 g/mol. The standard InChI is InChI=1S/C30H49Cl/c1-20(2)10-9-11-21(3)22-14-18-30(8)24-12-13-25-27(4,5)26(31)16-17-28(25,6)23(24)15-19-29(22,30)7/h10,21-22,25-26H,9,11-19H2,1-8H3/t21-,22-,25?,26?,28-,29+,30+/m1/s1. The Labute approximate surface area is 198 Å². The van der Waals surface area contributed by atoms with Gasteiger partial charge in [0.2, 0.25) is 0 Å². The van der Waals surface area contributed by atoms with Gasteiger partial charge in [0.15, 0.2) is 0 Å². The van der Waals surface area contributed by atoms with E-state index in [9.17, 15) is 0 Å². The maximum Gasteiger partial charge on any atom is 0.0390 e. The molecule has 0 N–H and O–H groups in total. The van der Waals surface area contributed by atoms with Gasteiger partial charge in [0.25, 0.3) is 0 Å². The summed E-state index contributed by atoms with van der Waals surface area (Å²) in [6, 6.07) is 0. The van der Waals surface area contributed by atoms with E-state index in [1.54, 1.807) is 0 Å². The molecule has 4 rings (SSSR count). The van der Waals surface area contributed by atoms with E-state index >= 15 is 0 Å². The van der Waals surface area contributed by atoms with Crippen molar-refractivity contribution in [2.24, 2.45) is 39.4 Å². The minimum Gasteiger partial charge on any atom is -0.122 e. The average Bonchev–Trinajstić information content (AvgIpc) is 2.96. The first-order valence-electron chi connectivity index (χ1n) is 13.4. The zero-order valence-electron chi connectivity index (χ0n) is 21.8. The van der Waals surface area contributed by atoms with Gasteiger partial charge < -0.3 is 0 Å². The van der Waals surface area contributed by atoms with Crippen LogP contribution in [0.25, 0.3) is 0 Å². The maximum absolute atomic E-state index is 6.90. The lowest BCUT2D eigenvalue weighted by molar-refractivity contribution is -0.0176. The molecule has 0 saturated heterocycles. The number of alkyl halides is 1. The monoisotopic (exact) mass is 444 g/mol. The second-order valence-corrected chi connectivity index (χ2v) is 14.1. The lowest BCUT2D eigenvalue weighted by atomic mass is 9.43. The van der Waals surface area contributed by atoms with E-state index in [1.165, 1.54) is 69.8 Å². The highest BCUT2D eigenvalue weighted by molar-refractivity contribution is 6.21. The molecule has 4 aliphatic rings. The molecule has 0 amide bonds. The van der Waals surface area contributed by atoms with E-state index in [1.807, 2.05) is 11.1 Å². The zero-order valence-corrected chi connectivity index (χ0v) is 22.6. The SMILES string of the molecule is CC(C)=CCC[C@@H](C)[C@H]1CC[C@@]2(C)C3=C(CC[C@@]12C)[C@@]1(C)CCC(Cl)C(C)(C)C1CC3. The summed E-state index contributed by atoms with van der Waals surface area (Å²) in [6.45, 7) is 20.0. The van der Waals surface area contributed by atoms with Crippen LogP contribution in [0, 0.1) is 39.4 Å². The molecular formula is C30H49Cl. The highest BCUT2D eigenvalue weighted by atomic mass is 35.5. The Balaban J connectivity index is 1.65. The number of halogens is 1. The fourth-order valence-corrected chi connectivity index (χ4v) is 9.70. The normalized spacial score (nSPS) is 44.9. The van der Waals surface area contributed by atoms with Crippen LogP contribution >= 0.6 is 11.6 Å². The van der Waals surface area contributed by atoms with Crippen molar-refractivity contribution >= 4 is 11.6 Å². The van der Waals surface area contributed by atoms with E-state index in [0.29, 0.717) is 21.6 Å². The van der Waals surface area contributed by atoms with Gasteiger partial charge in [-0.1, -0.05) is 64.3 Å². The van der Waals surface area contributed by atoms with Crippen molar-refractivity contribution in [1.29, 1.82) is 0 Å². The Bertz CT molecular complexity index is 767. The van der Waals surface area contributed by atoms with Crippen molar-refractivity contribution in [2.75, 3.05) is 0 Å². The molecule has 0 aromatic rings. The second kappa shape index (κ2) is 7.92. The first-order valence-corrected chi connectivity index (χ1v) is 13.8. The van der Waals surface area contributed by atoms with E-state index in [-0.39, 0.29) is 5.41 Å². The minimum absolute atomic E-state index is 0.256. The number of rotatable bonds is 4. The average molecular weight is 445 g/mol. The lowest BCUT2D eigenvalue weighted by Crippen LogP contribution is -2.54. The molecule has 176 valence electrons. The van der Waals surface area contributed by atoms with Crippen LogP contribution < -0.4 is 0 Å². The summed E-state index contributed by atoms with van der Waals surface area (Å²) >= 11 is 6.90. The molecule has 0 radical (unpaired) electrons. The van der Waals surface area contributed by atoms with Gasteiger partial charge in [-0.05, 0) is 117 Å². The highest BCUT2D eigenvalue weighted by Crippen LogP contribution is 2.72. The van der Waals surface area contributed by atoms with Crippen LogP contribution in [0.5, 0.6) is 0 Å². The fraction of sp³-hybridized carbons (Fsp3) is 0.867. The van der Waals surface area contributed by atoms with Gasteiger partial charge in [0.05, 0.1) is 0 Å². The Morgan fingerprint density at radius 1 is 0.968 bits per heavy atom. The Kier molecular flexibility index (Phi) is 6.11. The second-order valence-electron chi connectivity index (χ2n) is 13.5. The minimum atomic E-state index is 0.256. The Hall–Kier alpha value is -0.230. The zero-order chi connectivity index (χ0) is 22.8. The van der Waals surface area contributed by atoms with Crippen LogP contribution in [-0.4, -0.2) is 5.38 Å². The predicted octanol–water partition coefficient (Wildman–Crippen LogP) is 9.73.